The van der Waals surface area contributed by atoms with Crippen LogP contribution in [0.1, 0.15) is 25.5 Å². The van der Waals surface area contributed by atoms with Crippen LogP contribution in [0.2, 0.25) is 0 Å². The Morgan fingerprint density at radius 3 is 2.14 bits per heavy atom. The molecule has 37 heavy (non-hydrogen) atoms. The van der Waals surface area contributed by atoms with E-state index in [0.29, 0.717) is 0 Å². The summed E-state index contributed by atoms with van der Waals surface area (Å²) in [6, 6.07) is 4.53. The molecule has 2 aromatic carbocycles. The van der Waals surface area contributed by atoms with Gasteiger partial charge in [0.2, 0.25) is 5.75 Å². The summed E-state index contributed by atoms with van der Waals surface area (Å²) in [7, 11) is 2.60. The first-order chi connectivity index (χ1) is 17.4. The van der Waals surface area contributed by atoms with E-state index in [1.165, 1.54) is 33.3 Å². The Bertz CT molecular complexity index is 1420. The minimum atomic E-state index is -2.76. The highest BCUT2D eigenvalue weighted by Gasteiger charge is 2.58. The molecule has 2 heterocycles. The molecule has 0 saturated carbocycles. The van der Waals surface area contributed by atoms with Crippen LogP contribution in [-0.2, 0) is 9.53 Å². The van der Waals surface area contributed by atoms with Gasteiger partial charge in [-0.1, -0.05) is 0 Å². The van der Waals surface area contributed by atoms with Gasteiger partial charge in [-0.2, -0.15) is 0 Å². The van der Waals surface area contributed by atoms with Crippen LogP contribution in [-0.4, -0.2) is 74.6 Å². The topological polar surface area (TPSA) is 196 Å². The second-order valence-electron chi connectivity index (χ2n) is 8.78. The number of rotatable bonds is 5. The monoisotopic (exact) mass is 518 g/mol. The van der Waals surface area contributed by atoms with Crippen molar-refractivity contribution in [3.8, 4) is 40.1 Å². The maximum absolute atomic E-state index is 13.1. The molecule has 0 bridgehead atoms. The summed E-state index contributed by atoms with van der Waals surface area (Å²) in [5, 5.41) is 63.2. The Hall–Kier alpha value is -3.84. The van der Waals surface area contributed by atoms with Gasteiger partial charge in [-0.25, -0.2) is 0 Å². The fourth-order valence-corrected chi connectivity index (χ4v) is 4.50. The molecular formula is C25H26O12. The number of methoxy groups -OCH3 is 2. The third-order valence-corrected chi connectivity index (χ3v) is 6.59. The van der Waals surface area contributed by atoms with Gasteiger partial charge in [-0.15, -0.1) is 0 Å². The highest BCUT2D eigenvalue weighted by Crippen LogP contribution is 2.48. The van der Waals surface area contributed by atoms with Crippen LogP contribution < -0.4 is 14.9 Å². The number of benzene rings is 2. The molecule has 1 aliphatic heterocycles. The van der Waals surface area contributed by atoms with Crippen LogP contribution in [0.5, 0.6) is 28.7 Å². The zero-order chi connectivity index (χ0) is 27.4. The number of carbonyl (C=O) groups is 1. The fourth-order valence-electron chi connectivity index (χ4n) is 4.50. The van der Waals surface area contributed by atoms with Gasteiger partial charge < -0.3 is 49.3 Å². The number of phenols is 3. The van der Waals surface area contributed by atoms with Gasteiger partial charge >= 0.3 is 0 Å². The van der Waals surface area contributed by atoms with E-state index >= 15 is 0 Å². The number of phenolic OH excluding ortho intramolecular Hbond substituents is 3. The lowest BCUT2D eigenvalue weighted by Crippen LogP contribution is -2.65. The molecule has 3 aromatic rings. The number of ether oxygens (including phenoxy) is 3. The quantitative estimate of drug-likeness (QED) is 0.282. The number of aliphatic hydroxyl groups is 3. The predicted molar refractivity (Wildman–Crippen MR) is 127 cm³/mol. The summed E-state index contributed by atoms with van der Waals surface area (Å²) in [5.41, 5.74) is -4.20. The first-order valence-corrected chi connectivity index (χ1v) is 11.1. The van der Waals surface area contributed by atoms with Crippen LogP contribution >= 0.6 is 0 Å². The minimum Gasteiger partial charge on any atom is -0.507 e. The molecule has 0 spiro atoms. The van der Waals surface area contributed by atoms with E-state index in [1.807, 2.05) is 0 Å². The summed E-state index contributed by atoms with van der Waals surface area (Å²) >= 11 is 0. The van der Waals surface area contributed by atoms with Gasteiger partial charge in [0, 0.05) is 17.7 Å². The second kappa shape index (κ2) is 9.23. The Morgan fingerprint density at radius 2 is 1.59 bits per heavy atom. The van der Waals surface area contributed by atoms with Crippen LogP contribution in [0.4, 0.5) is 0 Å². The number of Topliss-reactive ketones (excluding diaryl/α,β-unsaturated/α-hetero) is 1. The van der Waals surface area contributed by atoms with E-state index < -0.39 is 69.3 Å². The summed E-state index contributed by atoms with van der Waals surface area (Å²) < 4.78 is 21.9. The average molecular weight is 518 g/mol. The number of fused-ring (bicyclic) bond motifs is 1. The summed E-state index contributed by atoms with van der Waals surface area (Å²) in [6.07, 6.45) is -6.62. The number of carbonyl (C=O) groups excluding carboxylic acids is 1. The number of aliphatic hydroxyl groups excluding tert-OH is 2. The van der Waals surface area contributed by atoms with E-state index in [-0.39, 0.29) is 28.6 Å². The van der Waals surface area contributed by atoms with Crippen LogP contribution in [0.15, 0.2) is 33.5 Å². The molecule has 1 unspecified atom stereocenters. The van der Waals surface area contributed by atoms with Crippen molar-refractivity contribution in [2.45, 2.75) is 43.9 Å². The van der Waals surface area contributed by atoms with E-state index in [2.05, 4.69) is 0 Å². The maximum atomic E-state index is 13.1. The molecule has 0 radical (unpaired) electrons. The van der Waals surface area contributed by atoms with Crippen molar-refractivity contribution in [3.63, 3.8) is 0 Å². The van der Waals surface area contributed by atoms with E-state index in [9.17, 15) is 40.2 Å². The van der Waals surface area contributed by atoms with Crippen molar-refractivity contribution < 1.29 is 54.1 Å². The predicted octanol–water partition coefficient (Wildman–Crippen LogP) is 1.10. The van der Waals surface area contributed by atoms with Crippen molar-refractivity contribution in [2.75, 3.05) is 14.2 Å². The molecule has 12 nitrogen and oxygen atoms in total. The van der Waals surface area contributed by atoms with E-state index in [1.54, 1.807) is 0 Å². The number of hydrogen-bond donors (Lipinski definition) is 6. The molecule has 0 amide bonds. The average Bonchev–Trinajstić information content (AvgIpc) is 2.85. The summed E-state index contributed by atoms with van der Waals surface area (Å²) in [6.45, 7) is 2.33. The standard InChI is InChI=1S/C25H26O12/c1-9-20(30)23(32)25(33,10(2)26)24(36-9)19-13(28)7-12(27)18-14(29)8-15(37-22(18)19)11-5-16(34-3)21(31)17(6-11)35-4/h5-9,20,23-24,27-28,30-33H,1-4H3/t9-,20+,23+,24?,25-/m1/s1. The molecule has 12 heteroatoms. The number of ketones is 1. The highest BCUT2D eigenvalue weighted by molar-refractivity contribution is 5.92. The largest absolute Gasteiger partial charge is 0.507 e. The normalized spacial score (nSPS) is 25.7. The first-order valence-electron chi connectivity index (χ1n) is 11.1. The lowest BCUT2D eigenvalue weighted by atomic mass is 9.76. The smallest absolute Gasteiger partial charge is 0.200 e. The lowest BCUT2D eigenvalue weighted by Gasteiger charge is -2.46. The molecule has 0 aliphatic carbocycles. The van der Waals surface area contributed by atoms with Gasteiger partial charge in [-0.3, -0.25) is 9.59 Å². The molecule has 1 saturated heterocycles. The Kier molecular flexibility index (Phi) is 6.54. The molecule has 5 atom stereocenters. The van der Waals surface area contributed by atoms with Gasteiger partial charge in [0.05, 0.1) is 25.9 Å². The fraction of sp³-hybridized carbons (Fsp3) is 0.360. The van der Waals surface area contributed by atoms with Crippen LogP contribution in [0, 0.1) is 0 Å². The Labute approximate surface area is 209 Å². The zero-order valence-electron chi connectivity index (χ0n) is 20.3. The van der Waals surface area contributed by atoms with Crippen molar-refractivity contribution in [1.82, 2.24) is 0 Å². The Morgan fingerprint density at radius 1 is 1.00 bits per heavy atom. The van der Waals surface area contributed by atoms with Crippen molar-refractivity contribution in [1.29, 1.82) is 0 Å². The first kappa shape index (κ1) is 26.2. The molecule has 6 N–H and O–H groups in total. The zero-order valence-corrected chi connectivity index (χ0v) is 20.3. The molecular weight excluding hydrogens is 492 g/mol. The van der Waals surface area contributed by atoms with Crippen LogP contribution in [0.3, 0.4) is 0 Å². The van der Waals surface area contributed by atoms with Crippen molar-refractivity contribution >= 4 is 16.8 Å². The third-order valence-electron chi connectivity index (χ3n) is 6.59. The van der Waals surface area contributed by atoms with Gasteiger partial charge in [0.25, 0.3) is 0 Å². The Balaban J connectivity index is 2.07. The second-order valence-corrected chi connectivity index (χ2v) is 8.78. The van der Waals surface area contributed by atoms with Gasteiger partial charge in [-0.05, 0) is 26.0 Å². The van der Waals surface area contributed by atoms with Crippen LogP contribution in [0.25, 0.3) is 22.3 Å². The molecule has 1 fully saturated rings. The summed E-state index contributed by atoms with van der Waals surface area (Å²) in [4.78, 5) is 25.7. The summed E-state index contributed by atoms with van der Waals surface area (Å²) in [5.74, 6) is -2.83. The van der Waals surface area contributed by atoms with Crippen molar-refractivity contribution in [3.05, 3.63) is 40.1 Å². The molecule has 1 aromatic heterocycles. The van der Waals surface area contributed by atoms with Crippen molar-refractivity contribution in [2.24, 2.45) is 0 Å². The van der Waals surface area contributed by atoms with E-state index in [0.717, 1.165) is 19.1 Å². The van der Waals surface area contributed by atoms with E-state index in [4.69, 9.17) is 18.6 Å². The third kappa shape index (κ3) is 3.94. The SMILES string of the molecule is COc1cc(-c2cc(=O)c3c(O)cc(O)c(C4O[C@H](C)[C@H](O)[C@H](O)[C@]4(O)C(C)=O)c3o2)cc(OC)c1O. The lowest BCUT2D eigenvalue weighted by molar-refractivity contribution is -0.258. The number of aromatic hydroxyl groups is 3. The van der Waals surface area contributed by atoms with Gasteiger partial charge in [0.15, 0.2) is 33.9 Å². The highest BCUT2D eigenvalue weighted by atomic mass is 16.5. The number of hydrogen-bond acceptors (Lipinski definition) is 12. The minimum absolute atomic E-state index is 0.0106. The van der Waals surface area contributed by atoms with Gasteiger partial charge in [0.1, 0.15) is 41.0 Å². The molecule has 198 valence electrons. The molecule has 4 rings (SSSR count). The maximum Gasteiger partial charge on any atom is 0.200 e. The molecule has 1 aliphatic rings.